The van der Waals surface area contributed by atoms with E-state index in [-0.39, 0.29) is 12.6 Å². The summed E-state index contributed by atoms with van der Waals surface area (Å²) in [5, 5.41) is 12.2. The number of rotatable bonds is 8. The predicted octanol–water partition coefficient (Wildman–Crippen LogP) is 1.99. The highest BCUT2D eigenvalue weighted by molar-refractivity contribution is 5.28. The van der Waals surface area contributed by atoms with Gasteiger partial charge in [0.15, 0.2) is 0 Å². The van der Waals surface area contributed by atoms with Gasteiger partial charge < -0.3 is 15.2 Å². The van der Waals surface area contributed by atoms with E-state index in [2.05, 4.69) is 31.3 Å². The van der Waals surface area contributed by atoms with E-state index in [1.807, 2.05) is 12.1 Å². The van der Waals surface area contributed by atoms with Gasteiger partial charge in [0.1, 0.15) is 12.4 Å². The summed E-state index contributed by atoms with van der Waals surface area (Å²) in [5.74, 6) is 0.908. The van der Waals surface area contributed by atoms with Crippen molar-refractivity contribution in [3.05, 3.63) is 29.8 Å². The van der Waals surface area contributed by atoms with Crippen molar-refractivity contribution in [1.82, 2.24) is 5.32 Å². The molecule has 0 radical (unpaired) electrons. The molecule has 1 aromatic carbocycles. The van der Waals surface area contributed by atoms with Gasteiger partial charge in [-0.1, -0.05) is 26.0 Å². The largest absolute Gasteiger partial charge is 0.492 e. The van der Waals surface area contributed by atoms with Crippen LogP contribution in [0.3, 0.4) is 0 Å². The Labute approximate surface area is 104 Å². The van der Waals surface area contributed by atoms with Crippen LogP contribution in [0.4, 0.5) is 0 Å². The van der Waals surface area contributed by atoms with E-state index in [1.165, 1.54) is 5.56 Å². The van der Waals surface area contributed by atoms with Crippen molar-refractivity contribution < 1.29 is 9.84 Å². The van der Waals surface area contributed by atoms with Crippen LogP contribution in [-0.4, -0.2) is 30.9 Å². The Kier molecular flexibility index (Phi) is 6.67. The summed E-state index contributed by atoms with van der Waals surface area (Å²) in [6.07, 6.45) is 1.74. The minimum atomic E-state index is 0.191. The van der Waals surface area contributed by atoms with E-state index >= 15 is 0 Å². The first-order chi connectivity index (χ1) is 8.30. The number of nitrogens with one attached hydrogen (secondary N) is 1. The maximum absolute atomic E-state index is 8.95. The lowest BCUT2D eigenvalue weighted by Crippen LogP contribution is -2.35. The van der Waals surface area contributed by atoms with Crippen LogP contribution in [0, 0.1) is 0 Å². The van der Waals surface area contributed by atoms with E-state index in [1.54, 1.807) is 0 Å². The van der Waals surface area contributed by atoms with E-state index in [0.29, 0.717) is 6.61 Å². The van der Waals surface area contributed by atoms with Gasteiger partial charge in [-0.2, -0.15) is 0 Å². The van der Waals surface area contributed by atoms with Gasteiger partial charge in [0.25, 0.3) is 0 Å². The summed E-state index contributed by atoms with van der Waals surface area (Å²) in [7, 11) is 0. The van der Waals surface area contributed by atoms with Gasteiger partial charge in [0, 0.05) is 12.6 Å². The molecule has 0 saturated heterocycles. The summed E-state index contributed by atoms with van der Waals surface area (Å²) in [4.78, 5) is 0. The lowest BCUT2D eigenvalue weighted by atomic mass is 10.1. The molecule has 1 atom stereocenters. The summed E-state index contributed by atoms with van der Waals surface area (Å²) in [6.45, 7) is 5.87. The first-order valence-electron chi connectivity index (χ1n) is 6.36. The van der Waals surface area contributed by atoms with Gasteiger partial charge >= 0.3 is 0 Å². The van der Waals surface area contributed by atoms with Crippen LogP contribution >= 0.6 is 0 Å². The molecule has 0 amide bonds. The predicted molar refractivity (Wildman–Crippen MR) is 70.5 cm³/mol. The van der Waals surface area contributed by atoms with Gasteiger partial charge in [-0.15, -0.1) is 0 Å². The number of aliphatic hydroxyl groups is 1. The number of ether oxygens (including phenoxy) is 1. The number of hydrogen-bond donors (Lipinski definition) is 2. The molecular weight excluding hydrogens is 214 g/mol. The number of aliphatic hydroxyl groups excluding tert-OH is 1. The number of benzene rings is 1. The Morgan fingerprint density at radius 2 is 2.18 bits per heavy atom. The Morgan fingerprint density at radius 3 is 2.82 bits per heavy atom. The zero-order valence-electron chi connectivity index (χ0n) is 10.8. The van der Waals surface area contributed by atoms with Crippen LogP contribution in [0.1, 0.15) is 25.8 Å². The van der Waals surface area contributed by atoms with E-state index in [9.17, 15) is 0 Å². The van der Waals surface area contributed by atoms with Gasteiger partial charge in [0.2, 0.25) is 0 Å². The third-order valence-electron chi connectivity index (χ3n) is 2.73. The quantitative estimate of drug-likeness (QED) is 0.726. The molecule has 1 aromatic rings. The highest BCUT2D eigenvalue weighted by Gasteiger charge is 2.07. The average molecular weight is 237 g/mol. The molecule has 1 unspecified atom stereocenters. The number of likely N-dealkylation sites (N-methyl/N-ethyl adjacent to an activating group) is 1. The van der Waals surface area contributed by atoms with E-state index in [4.69, 9.17) is 9.84 Å². The fraction of sp³-hybridized carbons (Fsp3) is 0.571. The molecule has 17 heavy (non-hydrogen) atoms. The van der Waals surface area contributed by atoms with Crippen LogP contribution in [0.25, 0.3) is 0 Å². The molecule has 96 valence electrons. The van der Waals surface area contributed by atoms with Crippen molar-refractivity contribution in [3.8, 4) is 5.75 Å². The standard InChI is InChI=1S/C14H23NO2/c1-3-12-6-5-7-14(10-12)17-11-13(8-9-16)15-4-2/h5-7,10,13,15-16H,3-4,8-9,11H2,1-2H3. The lowest BCUT2D eigenvalue weighted by molar-refractivity contribution is 0.215. The third kappa shape index (κ3) is 5.20. The Hall–Kier alpha value is -1.06. The topological polar surface area (TPSA) is 41.5 Å². The third-order valence-corrected chi connectivity index (χ3v) is 2.73. The molecule has 0 aliphatic carbocycles. The number of aryl methyl sites for hydroxylation is 1. The second-order valence-corrected chi connectivity index (χ2v) is 4.08. The summed E-state index contributed by atoms with van der Waals surface area (Å²) in [5.41, 5.74) is 1.28. The zero-order valence-corrected chi connectivity index (χ0v) is 10.8. The minimum Gasteiger partial charge on any atom is -0.492 e. The first-order valence-corrected chi connectivity index (χ1v) is 6.36. The smallest absolute Gasteiger partial charge is 0.119 e. The van der Waals surface area contributed by atoms with Crippen molar-refractivity contribution in [3.63, 3.8) is 0 Å². The highest BCUT2D eigenvalue weighted by atomic mass is 16.5. The first kappa shape index (κ1) is 14.0. The van der Waals surface area contributed by atoms with Gasteiger partial charge in [-0.05, 0) is 37.1 Å². The fourth-order valence-corrected chi connectivity index (χ4v) is 1.74. The minimum absolute atomic E-state index is 0.191. The Bertz CT molecular complexity index is 309. The second-order valence-electron chi connectivity index (χ2n) is 4.08. The Balaban J connectivity index is 2.46. The molecule has 0 saturated carbocycles. The molecule has 0 spiro atoms. The van der Waals surface area contributed by atoms with Crippen LogP contribution < -0.4 is 10.1 Å². The second kappa shape index (κ2) is 8.09. The average Bonchev–Trinajstić information content (AvgIpc) is 2.37. The summed E-state index contributed by atoms with van der Waals surface area (Å²) >= 11 is 0. The lowest BCUT2D eigenvalue weighted by Gasteiger charge is -2.17. The van der Waals surface area contributed by atoms with Crippen LogP contribution in [0.2, 0.25) is 0 Å². The molecule has 0 aliphatic heterocycles. The molecule has 0 aliphatic rings. The maximum atomic E-state index is 8.95. The number of hydrogen-bond acceptors (Lipinski definition) is 3. The molecule has 0 heterocycles. The SMILES string of the molecule is CCNC(CCO)COc1cccc(CC)c1. The van der Waals surface area contributed by atoms with E-state index in [0.717, 1.165) is 25.1 Å². The molecule has 0 bridgehead atoms. The van der Waals surface area contributed by atoms with Crippen molar-refractivity contribution in [2.75, 3.05) is 19.8 Å². The van der Waals surface area contributed by atoms with Crippen LogP contribution in [0.5, 0.6) is 5.75 Å². The molecular formula is C14H23NO2. The zero-order chi connectivity index (χ0) is 12.5. The van der Waals surface area contributed by atoms with Crippen molar-refractivity contribution in [2.24, 2.45) is 0 Å². The summed E-state index contributed by atoms with van der Waals surface area (Å²) < 4.78 is 5.74. The molecule has 3 heteroatoms. The molecule has 3 nitrogen and oxygen atoms in total. The summed E-state index contributed by atoms with van der Waals surface area (Å²) in [6, 6.07) is 8.38. The molecule has 2 N–H and O–H groups in total. The Morgan fingerprint density at radius 1 is 1.35 bits per heavy atom. The van der Waals surface area contributed by atoms with Crippen molar-refractivity contribution >= 4 is 0 Å². The highest BCUT2D eigenvalue weighted by Crippen LogP contribution is 2.14. The molecule has 0 fully saturated rings. The molecule has 1 rings (SSSR count). The maximum Gasteiger partial charge on any atom is 0.119 e. The van der Waals surface area contributed by atoms with Gasteiger partial charge in [0.05, 0.1) is 0 Å². The van der Waals surface area contributed by atoms with Crippen molar-refractivity contribution in [2.45, 2.75) is 32.7 Å². The molecule has 0 aromatic heterocycles. The van der Waals surface area contributed by atoms with Gasteiger partial charge in [-0.25, -0.2) is 0 Å². The van der Waals surface area contributed by atoms with Crippen LogP contribution in [0.15, 0.2) is 24.3 Å². The van der Waals surface area contributed by atoms with Crippen molar-refractivity contribution in [1.29, 1.82) is 0 Å². The monoisotopic (exact) mass is 237 g/mol. The van der Waals surface area contributed by atoms with E-state index < -0.39 is 0 Å². The van der Waals surface area contributed by atoms with Crippen LogP contribution in [-0.2, 0) is 6.42 Å². The fourth-order valence-electron chi connectivity index (χ4n) is 1.74. The van der Waals surface area contributed by atoms with Gasteiger partial charge in [-0.3, -0.25) is 0 Å². The normalized spacial score (nSPS) is 12.4.